The molecular formula is C31H36N2O6S. The van der Waals surface area contributed by atoms with Crippen LogP contribution < -0.4 is 10.0 Å². The highest BCUT2D eigenvalue weighted by Gasteiger charge is 2.31. The summed E-state index contributed by atoms with van der Waals surface area (Å²) in [6.45, 7) is 3.89. The molecule has 4 rings (SSSR count). The fourth-order valence-corrected chi connectivity index (χ4v) is 6.65. The summed E-state index contributed by atoms with van der Waals surface area (Å²) in [5.41, 5.74) is 5.26. The monoisotopic (exact) mass is 564 g/mol. The van der Waals surface area contributed by atoms with E-state index in [4.69, 9.17) is 9.47 Å². The molecule has 8 nitrogen and oxygen atoms in total. The third kappa shape index (κ3) is 7.49. The Kier molecular flexibility index (Phi) is 9.60. The van der Waals surface area contributed by atoms with Gasteiger partial charge in [0.05, 0.1) is 18.9 Å². The molecule has 40 heavy (non-hydrogen) atoms. The number of hydrogen-bond acceptors (Lipinski definition) is 6. The van der Waals surface area contributed by atoms with Gasteiger partial charge < -0.3 is 14.8 Å². The van der Waals surface area contributed by atoms with Crippen LogP contribution in [0.25, 0.3) is 11.1 Å². The van der Waals surface area contributed by atoms with Gasteiger partial charge in [0.15, 0.2) is 0 Å². The van der Waals surface area contributed by atoms with Gasteiger partial charge in [0, 0.05) is 5.92 Å². The second kappa shape index (κ2) is 13.1. The van der Waals surface area contributed by atoms with E-state index >= 15 is 0 Å². The number of sulfonamides is 1. The van der Waals surface area contributed by atoms with E-state index in [-0.39, 0.29) is 31.3 Å². The first-order valence-corrected chi connectivity index (χ1v) is 15.1. The molecule has 0 heterocycles. The number of carbonyl (C=O) groups is 2. The zero-order chi connectivity index (χ0) is 28.7. The quantitative estimate of drug-likeness (QED) is 0.310. The molecule has 0 aromatic heterocycles. The fraction of sp³-hybridized carbons (Fsp3) is 0.355. The Bertz CT molecular complexity index is 1380. The van der Waals surface area contributed by atoms with E-state index in [1.807, 2.05) is 80.6 Å². The Labute approximate surface area is 236 Å². The van der Waals surface area contributed by atoms with Gasteiger partial charge in [-0.25, -0.2) is 17.9 Å². The van der Waals surface area contributed by atoms with Gasteiger partial charge in [0.2, 0.25) is 10.0 Å². The van der Waals surface area contributed by atoms with E-state index < -0.39 is 39.9 Å². The Hall–Kier alpha value is -3.69. The Morgan fingerprint density at radius 3 is 2.02 bits per heavy atom. The minimum Gasteiger partial charge on any atom is -0.468 e. The summed E-state index contributed by atoms with van der Waals surface area (Å²) < 4.78 is 39.3. The largest absolute Gasteiger partial charge is 0.468 e. The van der Waals surface area contributed by atoms with Crippen LogP contribution >= 0.6 is 0 Å². The molecule has 1 aliphatic carbocycles. The van der Waals surface area contributed by atoms with Crippen molar-refractivity contribution >= 4 is 22.1 Å². The first kappa shape index (κ1) is 29.3. The van der Waals surface area contributed by atoms with Gasteiger partial charge in [-0.1, -0.05) is 92.7 Å². The number of methoxy groups -OCH3 is 1. The SMILES string of the molecule is COC(=O)[C@@H](CC(C)C)NS(=O)(=O)C[C@H](Cc1ccccc1)NC(=O)OCC1c2ccccc2-c2ccccc21. The summed E-state index contributed by atoms with van der Waals surface area (Å²) in [7, 11) is -2.76. The van der Waals surface area contributed by atoms with Gasteiger partial charge in [-0.15, -0.1) is 0 Å². The summed E-state index contributed by atoms with van der Waals surface area (Å²) in [6, 6.07) is 23.6. The number of ether oxygens (including phenoxy) is 2. The van der Waals surface area contributed by atoms with Crippen molar-refractivity contribution in [1.82, 2.24) is 10.0 Å². The molecule has 0 saturated carbocycles. The molecule has 0 radical (unpaired) electrons. The average Bonchev–Trinajstić information content (AvgIpc) is 3.24. The van der Waals surface area contributed by atoms with Gasteiger partial charge in [0.1, 0.15) is 12.6 Å². The lowest BCUT2D eigenvalue weighted by atomic mass is 9.98. The molecule has 0 fully saturated rings. The number of esters is 1. The summed E-state index contributed by atoms with van der Waals surface area (Å²) in [6.07, 6.45) is -0.154. The molecule has 3 aromatic rings. The molecule has 9 heteroatoms. The van der Waals surface area contributed by atoms with Crippen LogP contribution in [0.5, 0.6) is 0 Å². The number of carbonyl (C=O) groups excluding carboxylic acids is 2. The lowest BCUT2D eigenvalue weighted by Gasteiger charge is -2.23. The van der Waals surface area contributed by atoms with E-state index in [2.05, 4.69) is 22.2 Å². The van der Waals surface area contributed by atoms with E-state index in [9.17, 15) is 18.0 Å². The van der Waals surface area contributed by atoms with E-state index in [1.54, 1.807) is 0 Å². The number of hydrogen-bond donors (Lipinski definition) is 2. The molecule has 3 aromatic carbocycles. The predicted octanol–water partition coefficient (Wildman–Crippen LogP) is 4.64. The summed E-state index contributed by atoms with van der Waals surface area (Å²) in [4.78, 5) is 25.2. The standard InChI is InChI=1S/C31H36N2O6S/c1-21(2)17-29(30(34)38-3)33-40(36,37)20-23(18-22-11-5-4-6-12-22)32-31(35)39-19-28-26-15-9-7-13-24(26)25-14-8-10-16-27(25)28/h4-16,21,23,28-29,33H,17-20H2,1-3H3,(H,32,35)/t23-,29+/m0/s1. The van der Waals surface area contributed by atoms with Crippen molar-refractivity contribution < 1.29 is 27.5 Å². The maximum atomic E-state index is 13.2. The van der Waals surface area contributed by atoms with Gasteiger partial charge in [-0.05, 0) is 46.6 Å². The molecule has 0 aliphatic heterocycles. The van der Waals surface area contributed by atoms with Crippen molar-refractivity contribution in [2.45, 2.75) is 44.7 Å². The second-order valence-corrected chi connectivity index (χ2v) is 12.3. The molecule has 2 atom stereocenters. The van der Waals surface area contributed by atoms with Crippen LogP contribution in [0.15, 0.2) is 78.9 Å². The van der Waals surface area contributed by atoms with Crippen LogP contribution in [0.4, 0.5) is 4.79 Å². The highest BCUT2D eigenvalue weighted by Crippen LogP contribution is 2.44. The van der Waals surface area contributed by atoms with Gasteiger partial charge in [-0.2, -0.15) is 0 Å². The molecular weight excluding hydrogens is 528 g/mol. The first-order valence-electron chi connectivity index (χ1n) is 13.4. The Morgan fingerprint density at radius 1 is 0.875 bits per heavy atom. The maximum Gasteiger partial charge on any atom is 0.407 e. The molecule has 212 valence electrons. The molecule has 0 bridgehead atoms. The molecule has 1 amide bonds. The molecule has 0 spiro atoms. The molecule has 0 saturated heterocycles. The predicted molar refractivity (Wildman–Crippen MR) is 154 cm³/mol. The third-order valence-electron chi connectivity index (χ3n) is 6.93. The summed E-state index contributed by atoms with van der Waals surface area (Å²) >= 11 is 0. The molecule has 2 N–H and O–H groups in total. The van der Waals surface area contributed by atoms with Crippen molar-refractivity contribution in [3.05, 3.63) is 95.6 Å². The van der Waals surface area contributed by atoms with Crippen molar-refractivity contribution in [1.29, 1.82) is 0 Å². The second-order valence-electron chi connectivity index (χ2n) is 10.5. The van der Waals surface area contributed by atoms with Gasteiger partial charge >= 0.3 is 12.1 Å². The molecule has 0 unspecified atom stereocenters. The fourth-order valence-electron chi connectivity index (χ4n) is 5.19. The molecule has 1 aliphatic rings. The van der Waals surface area contributed by atoms with Crippen LogP contribution in [0.2, 0.25) is 0 Å². The summed E-state index contributed by atoms with van der Waals surface area (Å²) in [5, 5.41) is 2.75. The van der Waals surface area contributed by atoms with Crippen LogP contribution in [-0.2, 0) is 30.7 Å². The zero-order valence-corrected chi connectivity index (χ0v) is 23.8. The highest BCUT2D eigenvalue weighted by molar-refractivity contribution is 7.89. The van der Waals surface area contributed by atoms with E-state index in [0.29, 0.717) is 0 Å². The van der Waals surface area contributed by atoms with Crippen molar-refractivity contribution in [2.24, 2.45) is 5.92 Å². The van der Waals surface area contributed by atoms with E-state index in [0.717, 1.165) is 27.8 Å². The van der Waals surface area contributed by atoms with Crippen molar-refractivity contribution in [3.63, 3.8) is 0 Å². The maximum absolute atomic E-state index is 13.2. The van der Waals surface area contributed by atoms with Crippen LogP contribution in [0.3, 0.4) is 0 Å². The normalized spacial score (nSPS) is 14.2. The zero-order valence-electron chi connectivity index (χ0n) is 23.0. The van der Waals surface area contributed by atoms with Crippen molar-refractivity contribution in [3.8, 4) is 11.1 Å². The average molecular weight is 565 g/mol. The van der Waals surface area contributed by atoms with Crippen LogP contribution in [0.1, 0.15) is 42.9 Å². The van der Waals surface area contributed by atoms with Crippen LogP contribution in [-0.4, -0.2) is 52.0 Å². The minimum absolute atomic E-state index is 0.0610. The topological polar surface area (TPSA) is 111 Å². The van der Waals surface area contributed by atoms with Crippen molar-refractivity contribution in [2.75, 3.05) is 19.5 Å². The number of amides is 1. The lowest BCUT2D eigenvalue weighted by Crippen LogP contribution is -2.48. The highest BCUT2D eigenvalue weighted by atomic mass is 32.2. The van der Waals surface area contributed by atoms with E-state index in [1.165, 1.54) is 7.11 Å². The first-order chi connectivity index (χ1) is 19.2. The lowest BCUT2D eigenvalue weighted by molar-refractivity contribution is -0.143. The smallest absolute Gasteiger partial charge is 0.407 e. The number of benzene rings is 3. The van der Waals surface area contributed by atoms with Crippen LogP contribution in [0, 0.1) is 5.92 Å². The number of rotatable bonds is 12. The number of fused-ring (bicyclic) bond motifs is 3. The Morgan fingerprint density at radius 2 is 1.45 bits per heavy atom. The summed E-state index contributed by atoms with van der Waals surface area (Å²) in [5.74, 6) is -1.14. The minimum atomic E-state index is -3.98. The third-order valence-corrected chi connectivity index (χ3v) is 8.41. The Balaban J connectivity index is 1.46. The van der Waals surface area contributed by atoms with Gasteiger partial charge in [0.25, 0.3) is 0 Å². The van der Waals surface area contributed by atoms with Gasteiger partial charge in [-0.3, -0.25) is 4.79 Å². The number of nitrogens with one attached hydrogen (secondary N) is 2. The number of alkyl carbamates (subject to hydrolysis) is 1.